The lowest BCUT2D eigenvalue weighted by atomic mass is 9.95. The van der Waals surface area contributed by atoms with Gasteiger partial charge in [0.1, 0.15) is 0 Å². The molecule has 3 unspecified atom stereocenters. The van der Waals surface area contributed by atoms with Crippen LogP contribution in [0, 0.1) is 0 Å². The summed E-state index contributed by atoms with van der Waals surface area (Å²) in [6.45, 7) is 5.77. The van der Waals surface area contributed by atoms with E-state index in [9.17, 15) is 26.7 Å². The molecule has 0 aromatic heterocycles. The van der Waals surface area contributed by atoms with Gasteiger partial charge in [0, 0.05) is 12.8 Å². The van der Waals surface area contributed by atoms with Gasteiger partial charge in [-0.05, 0) is 58.9 Å². The molecule has 1 saturated heterocycles. The van der Waals surface area contributed by atoms with Crippen LogP contribution in [-0.2, 0) is 27.6 Å². The molecule has 5 nitrogen and oxygen atoms in total. The Labute approximate surface area is 196 Å². The predicted molar refractivity (Wildman–Crippen MR) is 125 cm³/mol. The third-order valence-corrected chi connectivity index (χ3v) is 7.13. The van der Waals surface area contributed by atoms with Crippen molar-refractivity contribution in [3.8, 4) is 0 Å². The smallest absolute Gasteiger partial charge is 0.393 e. The Bertz CT molecular complexity index is 1070. The number of aliphatic hydroxyl groups is 1. The van der Waals surface area contributed by atoms with Crippen LogP contribution in [0.1, 0.15) is 30.9 Å². The molecule has 1 aromatic rings. The summed E-state index contributed by atoms with van der Waals surface area (Å²) in [4.78, 5) is 0.980. The van der Waals surface area contributed by atoms with Crippen LogP contribution in [0.3, 0.4) is 0 Å². The standard InChI is InChI=1S/C23H26F3NO4S2/c1-15-5-3-4-8-32-21(9-15)12-17-6-7-22(27-33(29,30)23(24,25)26)18(11-17)13-20-14-19(28)10-16(2)31-20/h3-9,11,16,19-20,27-28H,1,10,12-14H2,2H3/b5-3-,8-4-,21-9-. The number of rotatable bonds is 6. The van der Waals surface area contributed by atoms with Gasteiger partial charge in [0.2, 0.25) is 0 Å². The summed E-state index contributed by atoms with van der Waals surface area (Å²) in [6.07, 6.45) is 7.75. The number of nitrogens with one attached hydrogen (secondary N) is 1. The van der Waals surface area contributed by atoms with E-state index in [-0.39, 0.29) is 18.2 Å². The highest BCUT2D eigenvalue weighted by Crippen LogP contribution is 2.32. The van der Waals surface area contributed by atoms with E-state index in [1.165, 1.54) is 17.8 Å². The molecule has 0 radical (unpaired) electrons. The van der Waals surface area contributed by atoms with Crippen LogP contribution in [0.15, 0.2) is 65.0 Å². The van der Waals surface area contributed by atoms with Crippen molar-refractivity contribution in [1.82, 2.24) is 0 Å². The fraction of sp³-hybridized carbons (Fsp3) is 0.391. The lowest BCUT2D eigenvalue weighted by Crippen LogP contribution is -2.35. The molecule has 10 heteroatoms. The van der Waals surface area contributed by atoms with Crippen molar-refractivity contribution in [2.75, 3.05) is 4.72 Å². The van der Waals surface area contributed by atoms with Crippen molar-refractivity contribution in [2.45, 2.75) is 56.4 Å². The number of thioether (sulfide) groups is 1. The van der Waals surface area contributed by atoms with Gasteiger partial charge in [-0.15, -0.1) is 11.8 Å². The highest BCUT2D eigenvalue weighted by atomic mass is 32.2. The zero-order valence-electron chi connectivity index (χ0n) is 18.0. The van der Waals surface area contributed by atoms with E-state index in [1.54, 1.807) is 16.9 Å². The quantitative estimate of drug-likeness (QED) is 0.559. The van der Waals surface area contributed by atoms with Gasteiger partial charge in [-0.25, -0.2) is 0 Å². The van der Waals surface area contributed by atoms with E-state index in [2.05, 4.69) is 6.58 Å². The minimum atomic E-state index is -5.58. The summed E-state index contributed by atoms with van der Waals surface area (Å²) in [5, 5.41) is 12.0. The second-order valence-electron chi connectivity index (χ2n) is 8.11. The topological polar surface area (TPSA) is 75.6 Å². The van der Waals surface area contributed by atoms with Crippen molar-refractivity contribution < 1.29 is 31.4 Å². The van der Waals surface area contributed by atoms with E-state index in [1.807, 2.05) is 36.6 Å². The summed E-state index contributed by atoms with van der Waals surface area (Å²) in [5.41, 5.74) is -3.60. The highest BCUT2D eigenvalue weighted by molar-refractivity contribution is 8.05. The number of sulfonamides is 1. The Morgan fingerprint density at radius 1 is 1.27 bits per heavy atom. The predicted octanol–water partition coefficient (Wildman–Crippen LogP) is 5.22. The van der Waals surface area contributed by atoms with Crippen LogP contribution in [-0.4, -0.2) is 37.3 Å². The largest absolute Gasteiger partial charge is 0.516 e. The molecule has 180 valence electrons. The molecular formula is C23H26F3NO4S2. The maximum absolute atomic E-state index is 13.0. The molecule has 1 aromatic carbocycles. The average molecular weight is 502 g/mol. The van der Waals surface area contributed by atoms with E-state index in [0.29, 0.717) is 24.8 Å². The summed E-state index contributed by atoms with van der Waals surface area (Å²) in [5.74, 6) is 0. The third-order valence-electron chi connectivity index (χ3n) is 5.17. The second-order valence-corrected chi connectivity index (χ2v) is 10.8. The summed E-state index contributed by atoms with van der Waals surface area (Å²) >= 11 is 1.51. The number of benzene rings is 1. The van der Waals surface area contributed by atoms with Crippen LogP contribution in [0.4, 0.5) is 18.9 Å². The minimum absolute atomic E-state index is 0.154. The third kappa shape index (κ3) is 7.23. The molecule has 3 atom stereocenters. The van der Waals surface area contributed by atoms with Crippen LogP contribution in [0.25, 0.3) is 0 Å². The van der Waals surface area contributed by atoms with Crippen LogP contribution < -0.4 is 4.72 Å². The number of aliphatic hydroxyl groups excluding tert-OH is 1. The summed E-state index contributed by atoms with van der Waals surface area (Å²) in [6, 6.07) is 4.63. The van der Waals surface area contributed by atoms with E-state index in [4.69, 9.17) is 4.74 Å². The number of alkyl halides is 3. The number of hydrogen-bond acceptors (Lipinski definition) is 5. The molecule has 2 aliphatic heterocycles. The molecule has 0 spiro atoms. The summed E-state index contributed by atoms with van der Waals surface area (Å²) < 4.78 is 69.9. The molecular weight excluding hydrogens is 475 g/mol. The van der Waals surface area contributed by atoms with Crippen LogP contribution in [0.5, 0.6) is 0 Å². The van der Waals surface area contributed by atoms with Crippen molar-refractivity contribution in [1.29, 1.82) is 0 Å². The fourth-order valence-electron chi connectivity index (χ4n) is 3.76. The molecule has 0 saturated carbocycles. The Balaban J connectivity index is 1.91. The molecule has 2 heterocycles. The maximum atomic E-state index is 13.0. The SMILES string of the molecule is C=C1/C=C\C=C/S/C(Cc2ccc(NS(=O)(=O)C(F)(F)F)c(CC3CC(O)CC(C)O3)c2)=C\1. The number of halogens is 3. The molecule has 33 heavy (non-hydrogen) atoms. The Kier molecular flexibility index (Phi) is 8.15. The highest BCUT2D eigenvalue weighted by Gasteiger charge is 2.46. The fourth-order valence-corrected chi connectivity index (χ4v) is 5.18. The summed E-state index contributed by atoms with van der Waals surface area (Å²) in [7, 11) is -5.58. The first-order chi connectivity index (χ1) is 15.4. The molecule has 2 N–H and O–H groups in total. The van der Waals surface area contributed by atoms with Gasteiger partial charge in [0.15, 0.2) is 0 Å². The molecule has 0 aliphatic carbocycles. The zero-order chi connectivity index (χ0) is 24.2. The Hall–Kier alpha value is -2.01. The number of allylic oxidation sites excluding steroid dienone is 6. The van der Waals surface area contributed by atoms with E-state index < -0.39 is 27.7 Å². The van der Waals surface area contributed by atoms with E-state index in [0.717, 1.165) is 16.0 Å². The van der Waals surface area contributed by atoms with Gasteiger partial charge in [-0.1, -0.05) is 36.9 Å². The lowest BCUT2D eigenvalue weighted by molar-refractivity contribution is -0.0865. The number of anilines is 1. The zero-order valence-corrected chi connectivity index (χ0v) is 19.6. The monoisotopic (exact) mass is 501 g/mol. The molecule has 1 fully saturated rings. The second kappa shape index (κ2) is 10.5. The van der Waals surface area contributed by atoms with Gasteiger partial charge in [0.05, 0.1) is 24.0 Å². The van der Waals surface area contributed by atoms with Crippen molar-refractivity contribution >= 4 is 27.5 Å². The molecule has 0 amide bonds. The average Bonchev–Trinajstić information content (AvgIpc) is 2.66. The lowest BCUT2D eigenvalue weighted by Gasteiger charge is -2.32. The van der Waals surface area contributed by atoms with Gasteiger partial charge in [-0.2, -0.15) is 21.6 Å². The normalized spacial score (nSPS) is 27.7. The van der Waals surface area contributed by atoms with Gasteiger partial charge in [-0.3, -0.25) is 4.72 Å². The number of hydrogen-bond donors (Lipinski definition) is 2. The maximum Gasteiger partial charge on any atom is 0.516 e. The molecule has 2 aliphatic rings. The minimum Gasteiger partial charge on any atom is -0.393 e. The number of ether oxygens (including phenoxy) is 1. The first-order valence-electron chi connectivity index (χ1n) is 10.4. The van der Waals surface area contributed by atoms with Gasteiger partial charge < -0.3 is 9.84 Å². The van der Waals surface area contributed by atoms with Crippen molar-refractivity contribution in [3.05, 3.63) is 76.1 Å². The molecule has 3 rings (SSSR count). The van der Waals surface area contributed by atoms with E-state index >= 15 is 0 Å². The van der Waals surface area contributed by atoms with Crippen LogP contribution in [0.2, 0.25) is 0 Å². The Morgan fingerprint density at radius 2 is 2.03 bits per heavy atom. The first-order valence-corrected chi connectivity index (χ1v) is 12.7. The van der Waals surface area contributed by atoms with Gasteiger partial charge in [0.25, 0.3) is 0 Å². The first kappa shape index (κ1) is 25.6. The Morgan fingerprint density at radius 3 is 2.73 bits per heavy atom. The van der Waals surface area contributed by atoms with Crippen molar-refractivity contribution in [2.24, 2.45) is 0 Å². The van der Waals surface area contributed by atoms with Crippen LogP contribution >= 0.6 is 11.8 Å². The molecule has 0 bridgehead atoms. The van der Waals surface area contributed by atoms with Crippen molar-refractivity contribution in [3.63, 3.8) is 0 Å². The van der Waals surface area contributed by atoms with Gasteiger partial charge >= 0.3 is 15.5 Å².